The van der Waals surface area contributed by atoms with Crippen molar-refractivity contribution in [1.82, 2.24) is 0 Å². The summed E-state index contributed by atoms with van der Waals surface area (Å²) in [6, 6.07) is 0. The van der Waals surface area contributed by atoms with E-state index < -0.39 is 12.2 Å². The fourth-order valence-corrected chi connectivity index (χ4v) is 3.74. The van der Waals surface area contributed by atoms with Gasteiger partial charge in [-0.05, 0) is 51.2 Å². The Morgan fingerprint density at radius 3 is 2.23 bits per heavy atom. The minimum absolute atomic E-state index is 0.00727. The van der Waals surface area contributed by atoms with Crippen LogP contribution in [0.15, 0.2) is 47.6 Å². The van der Waals surface area contributed by atoms with Crippen LogP contribution in [-0.4, -0.2) is 61.9 Å². The first-order valence-corrected chi connectivity index (χ1v) is 12.6. The van der Waals surface area contributed by atoms with Crippen molar-refractivity contribution in [2.45, 2.75) is 73.2 Å². The van der Waals surface area contributed by atoms with E-state index in [2.05, 4.69) is 32.9 Å². The van der Waals surface area contributed by atoms with E-state index in [1.165, 1.54) is 14.0 Å². The lowest BCUT2D eigenvalue weighted by Crippen LogP contribution is -2.40. The zero-order valence-electron chi connectivity index (χ0n) is 22.8. The third-order valence-electron chi connectivity index (χ3n) is 6.60. The summed E-state index contributed by atoms with van der Waals surface area (Å²) in [5, 5.41) is 10.7. The van der Waals surface area contributed by atoms with Crippen molar-refractivity contribution < 1.29 is 28.9 Å². The minimum Gasteiger partial charge on any atom is -0.386 e. The van der Waals surface area contributed by atoms with Crippen LogP contribution in [0.1, 0.15) is 54.9 Å². The molecule has 1 rings (SSSR count). The molecular weight excluding hydrogens is 444 g/mol. The maximum atomic E-state index is 13.0. The van der Waals surface area contributed by atoms with E-state index in [1.807, 2.05) is 25.2 Å². The second-order valence-electron chi connectivity index (χ2n) is 9.99. The Balaban J connectivity index is 2.56. The van der Waals surface area contributed by atoms with Crippen LogP contribution in [0.25, 0.3) is 0 Å². The number of allylic oxidation sites excluding steroid dienone is 6. The highest BCUT2D eigenvalue weighted by Gasteiger charge is 2.31. The molecule has 0 bridgehead atoms. The average Bonchev–Trinajstić information content (AvgIpc) is 2.77. The molecule has 198 valence electrons. The van der Waals surface area contributed by atoms with Crippen LogP contribution in [0.4, 0.5) is 0 Å². The molecule has 1 heterocycles. The van der Waals surface area contributed by atoms with Gasteiger partial charge in [-0.25, -0.2) is 0 Å². The molecule has 0 aromatic heterocycles. The van der Waals surface area contributed by atoms with E-state index in [9.17, 15) is 14.7 Å². The molecule has 1 fully saturated rings. The monoisotopic (exact) mass is 490 g/mol. The van der Waals surface area contributed by atoms with Crippen molar-refractivity contribution >= 4 is 11.6 Å². The van der Waals surface area contributed by atoms with Gasteiger partial charge in [0.2, 0.25) is 0 Å². The summed E-state index contributed by atoms with van der Waals surface area (Å²) in [7, 11) is 1.43. The largest absolute Gasteiger partial charge is 0.386 e. The molecule has 2 unspecified atom stereocenters. The Morgan fingerprint density at radius 1 is 1.03 bits per heavy atom. The van der Waals surface area contributed by atoms with Crippen LogP contribution >= 0.6 is 0 Å². The van der Waals surface area contributed by atoms with Crippen molar-refractivity contribution in [2.24, 2.45) is 23.7 Å². The number of carbonyl (C=O) groups excluding carboxylic acids is 2. The summed E-state index contributed by atoms with van der Waals surface area (Å²) in [5.41, 5.74) is 1.73. The summed E-state index contributed by atoms with van der Waals surface area (Å²) < 4.78 is 16.4. The van der Waals surface area contributed by atoms with Crippen molar-refractivity contribution in [2.75, 3.05) is 26.9 Å². The van der Waals surface area contributed by atoms with E-state index in [1.54, 1.807) is 19.9 Å². The van der Waals surface area contributed by atoms with Crippen molar-refractivity contribution in [3.05, 3.63) is 47.6 Å². The zero-order valence-corrected chi connectivity index (χ0v) is 22.8. The molecule has 6 atom stereocenters. The van der Waals surface area contributed by atoms with E-state index in [0.29, 0.717) is 17.9 Å². The average molecular weight is 491 g/mol. The molecule has 6 heteroatoms. The summed E-state index contributed by atoms with van der Waals surface area (Å²) in [6.45, 7) is 15.4. The van der Waals surface area contributed by atoms with E-state index in [-0.39, 0.29) is 35.4 Å². The second kappa shape index (κ2) is 16.0. The van der Waals surface area contributed by atoms with Crippen LogP contribution in [0.2, 0.25) is 0 Å². The molecule has 35 heavy (non-hydrogen) atoms. The van der Waals surface area contributed by atoms with Crippen LogP contribution in [0.5, 0.6) is 0 Å². The maximum Gasteiger partial charge on any atom is 0.167 e. The second-order valence-corrected chi connectivity index (χ2v) is 9.99. The van der Waals surface area contributed by atoms with E-state index >= 15 is 0 Å². The summed E-state index contributed by atoms with van der Waals surface area (Å²) in [5.74, 6) is -0.0208. The molecule has 1 saturated heterocycles. The fraction of sp³-hybridized carbons (Fsp3) is 0.655. The number of aliphatic hydroxyl groups is 1. The number of Topliss-reactive ketones (excluding diaryl/α,β-unsaturated/α-hetero) is 2. The molecular formula is C29H46O6. The van der Waals surface area contributed by atoms with Crippen molar-refractivity contribution in [3.63, 3.8) is 0 Å². The lowest BCUT2D eigenvalue weighted by molar-refractivity contribution is -0.138. The van der Waals surface area contributed by atoms with Gasteiger partial charge < -0.3 is 19.3 Å². The molecule has 0 aromatic carbocycles. The van der Waals surface area contributed by atoms with Gasteiger partial charge in [-0.2, -0.15) is 0 Å². The molecule has 0 radical (unpaired) electrons. The van der Waals surface area contributed by atoms with Gasteiger partial charge in [0.15, 0.2) is 5.78 Å². The molecule has 0 spiro atoms. The highest BCUT2D eigenvalue weighted by Crippen LogP contribution is 2.21. The number of rotatable bonds is 16. The van der Waals surface area contributed by atoms with Crippen LogP contribution in [0, 0.1) is 23.7 Å². The van der Waals surface area contributed by atoms with Gasteiger partial charge in [-0.1, -0.05) is 57.2 Å². The molecule has 1 aliphatic heterocycles. The number of ketones is 2. The maximum absolute atomic E-state index is 13.0. The number of ether oxygens (including phenoxy) is 3. The normalized spacial score (nSPS) is 20.9. The van der Waals surface area contributed by atoms with Gasteiger partial charge in [-0.3, -0.25) is 9.59 Å². The zero-order chi connectivity index (χ0) is 26.5. The van der Waals surface area contributed by atoms with Crippen molar-refractivity contribution in [1.29, 1.82) is 0 Å². The molecule has 0 amide bonds. The molecule has 0 saturated carbocycles. The van der Waals surface area contributed by atoms with Crippen molar-refractivity contribution in [3.8, 4) is 0 Å². The predicted molar refractivity (Wildman–Crippen MR) is 140 cm³/mol. The molecule has 0 aliphatic carbocycles. The van der Waals surface area contributed by atoms with E-state index in [4.69, 9.17) is 14.2 Å². The lowest BCUT2D eigenvalue weighted by Gasteiger charge is -2.27. The molecule has 1 aliphatic rings. The van der Waals surface area contributed by atoms with Gasteiger partial charge in [0, 0.05) is 24.9 Å². The Kier molecular flexibility index (Phi) is 14.2. The minimum atomic E-state index is -1.08. The number of carbonyl (C=O) groups is 2. The van der Waals surface area contributed by atoms with E-state index in [0.717, 1.165) is 25.4 Å². The first kappa shape index (κ1) is 31.2. The SMILES string of the molecule is CO[C@@H](C(=O)C(C)C[C@H](C)C=C/C=C/C=C(\C)[C@H](C)OCC1COC1)C(O)/C(C)=C/[C@@H](C)C(C)=O. The molecule has 1 N–H and O–H groups in total. The third-order valence-corrected chi connectivity index (χ3v) is 6.60. The van der Waals surface area contributed by atoms with Crippen LogP contribution in [-0.2, 0) is 23.8 Å². The Morgan fingerprint density at radius 2 is 1.69 bits per heavy atom. The summed E-state index contributed by atoms with van der Waals surface area (Å²) in [4.78, 5) is 24.5. The number of methoxy groups -OCH3 is 1. The number of hydrogen-bond acceptors (Lipinski definition) is 6. The quantitative estimate of drug-likeness (QED) is 0.245. The van der Waals surface area contributed by atoms with Crippen LogP contribution in [0.3, 0.4) is 0 Å². The fourth-order valence-electron chi connectivity index (χ4n) is 3.74. The molecule has 6 nitrogen and oxygen atoms in total. The first-order chi connectivity index (χ1) is 16.5. The van der Waals surface area contributed by atoms with Crippen LogP contribution < -0.4 is 0 Å². The number of hydrogen-bond donors (Lipinski definition) is 1. The lowest BCUT2D eigenvalue weighted by atomic mass is 9.87. The van der Waals surface area contributed by atoms with Gasteiger partial charge in [-0.15, -0.1) is 0 Å². The van der Waals surface area contributed by atoms with Gasteiger partial charge in [0.05, 0.1) is 25.9 Å². The van der Waals surface area contributed by atoms with Gasteiger partial charge >= 0.3 is 0 Å². The smallest absolute Gasteiger partial charge is 0.167 e. The summed E-state index contributed by atoms with van der Waals surface area (Å²) in [6.07, 6.45) is 10.5. The Hall–Kier alpha value is -1.86. The Labute approximate surface area is 212 Å². The Bertz CT molecular complexity index is 789. The van der Waals surface area contributed by atoms with Gasteiger partial charge in [0.1, 0.15) is 18.0 Å². The predicted octanol–water partition coefficient (Wildman–Crippen LogP) is 4.88. The highest BCUT2D eigenvalue weighted by molar-refractivity contribution is 5.86. The molecule has 0 aromatic rings. The number of aliphatic hydroxyl groups excluding tert-OH is 1. The standard InChI is InChI=1S/C29H46O6/c1-19(12-10-9-11-13-20(2)25(7)35-18-26-16-34-17-26)14-22(4)27(31)29(33-8)28(32)23(5)15-21(3)24(6)30/h9-13,15,19,21-22,25-26,28-29,32H,14,16-18H2,1-8H3/b11-9+,12-10?,20-13+,23-15+/t19-,21-,22?,25+,28?,29+/m1/s1. The third kappa shape index (κ3) is 11.2. The topological polar surface area (TPSA) is 82.1 Å². The highest BCUT2D eigenvalue weighted by atomic mass is 16.5. The van der Waals surface area contributed by atoms with Gasteiger partial charge in [0.25, 0.3) is 0 Å². The first-order valence-electron chi connectivity index (χ1n) is 12.6. The summed E-state index contributed by atoms with van der Waals surface area (Å²) >= 11 is 0.